The van der Waals surface area contributed by atoms with E-state index in [1.54, 1.807) is 0 Å². The van der Waals surface area contributed by atoms with Crippen LogP contribution >= 0.6 is 0 Å². The number of para-hydroxylation sites is 2. The van der Waals surface area contributed by atoms with Crippen molar-refractivity contribution in [2.45, 2.75) is 26.9 Å². The van der Waals surface area contributed by atoms with Gasteiger partial charge in [0.1, 0.15) is 5.75 Å². The maximum Gasteiger partial charge on any atom is 0.344 e. The highest BCUT2D eigenvalue weighted by Crippen LogP contribution is 2.27. The molecule has 0 aliphatic heterocycles. The monoisotopic (exact) mass is 403 g/mol. The van der Waals surface area contributed by atoms with Crippen LogP contribution in [-0.2, 0) is 14.3 Å². The molecule has 5 heteroatoms. The number of anilines is 1. The van der Waals surface area contributed by atoms with Crippen LogP contribution in [0.5, 0.6) is 5.75 Å². The van der Waals surface area contributed by atoms with Crippen LogP contribution < -0.4 is 10.1 Å². The number of aryl methyl sites for hydroxylation is 2. The SMILES string of the molecule is Cc1cccc(C)c1OCC(=O)O[C@@H](C)C(=O)Nc1ccccc1-c1ccccc1. The van der Waals surface area contributed by atoms with Crippen molar-refractivity contribution in [1.29, 1.82) is 0 Å². The summed E-state index contributed by atoms with van der Waals surface area (Å²) in [6, 6.07) is 23.0. The minimum atomic E-state index is -0.956. The van der Waals surface area contributed by atoms with E-state index < -0.39 is 18.0 Å². The number of carbonyl (C=O) groups is 2. The molecular formula is C25H25NO4. The fraction of sp³-hybridized carbons (Fsp3) is 0.200. The Morgan fingerprint density at radius 2 is 1.50 bits per heavy atom. The molecule has 1 atom stereocenters. The molecule has 0 bridgehead atoms. The summed E-state index contributed by atoms with van der Waals surface area (Å²) in [6.07, 6.45) is -0.956. The first-order chi connectivity index (χ1) is 14.5. The molecule has 0 aliphatic carbocycles. The van der Waals surface area contributed by atoms with E-state index in [9.17, 15) is 9.59 Å². The van der Waals surface area contributed by atoms with Gasteiger partial charge in [0.05, 0.1) is 0 Å². The van der Waals surface area contributed by atoms with Gasteiger partial charge in [0, 0.05) is 11.3 Å². The highest BCUT2D eigenvalue weighted by Gasteiger charge is 2.20. The third-order valence-corrected chi connectivity index (χ3v) is 4.69. The molecule has 0 aromatic heterocycles. The predicted octanol–water partition coefficient (Wildman–Crippen LogP) is 4.92. The lowest BCUT2D eigenvalue weighted by Crippen LogP contribution is -2.31. The van der Waals surface area contributed by atoms with Crippen molar-refractivity contribution in [2.24, 2.45) is 0 Å². The second-order valence-electron chi connectivity index (χ2n) is 7.04. The van der Waals surface area contributed by atoms with E-state index in [1.807, 2.05) is 86.6 Å². The third kappa shape index (κ3) is 5.26. The van der Waals surface area contributed by atoms with Crippen LogP contribution in [0.4, 0.5) is 5.69 Å². The molecule has 0 fully saturated rings. The van der Waals surface area contributed by atoms with Gasteiger partial charge in [0.25, 0.3) is 5.91 Å². The van der Waals surface area contributed by atoms with Crippen LogP contribution in [0.15, 0.2) is 72.8 Å². The number of hydrogen-bond donors (Lipinski definition) is 1. The number of benzene rings is 3. The first-order valence-corrected chi connectivity index (χ1v) is 9.79. The number of ether oxygens (including phenoxy) is 2. The number of carbonyl (C=O) groups excluding carboxylic acids is 2. The summed E-state index contributed by atoms with van der Waals surface area (Å²) in [5, 5.41) is 2.85. The Morgan fingerprint density at radius 1 is 0.867 bits per heavy atom. The van der Waals surface area contributed by atoms with Crippen molar-refractivity contribution >= 4 is 17.6 Å². The minimum absolute atomic E-state index is 0.260. The van der Waals surface area contributed by atoms with Crippen molar-refractivity contribution in [2.75, 3.05) is 11.9 Å². The van der Waals surface area contributed by atoms with Crippen LogP contribution in [0, 0.1) is 13.8 Å². The number of hydrogen-bond acceptors (Lipinski definition) is 4. The molecular weight excluding hydrogens is 378 g/mol. The molecule has 0 saturated heterocycles. The maximum absolute atomic E-state index is 12.6. The summed E-state index contributed by atoms with van der Waals surface area (Å²) in [4.78, 5) is 24.8. The molecule has 0 spiro atoms. The van der Waals surface area contributed by atoms with Crippen molar-refractivity contribution in [3.05, 3.63) is 83.9 Å². The predicted molar refractivity (Wildman–Crippen MR) is 117 cm³/mol. The van der Waals surface area contributed by atoms with Gasteiger partial charge in [-0.05, 0) is 43.5 Å². The molecule has 154 valence electrons. The second kappa shape index (κ2) is 9.74. The highest BCUT2D eigenvalue weighted by molar-refractivity contribution is 5.98. The third-order valence-electron chi connectivity index (χ3n) is 4.69. The largest absolute Gasteiger partial charge is 0.481 e. The van der Waals surface area contributed by atoms with Crippen molar-refractivity contribution < 1.29 is 19.1 Å². The van der Waals surface area contributed by atoms with Gasteiger partial charge in [-0.3, -0.25) is 4.79 Å². The van der Waals surface area contributed by atoms with E-state index in [0.29, 0.717) is 11.4 Å². The Balaban J connectivity index is 1.60. The van der Waals surface area contributed by atoms with Gasteiger partial charge >= 0.3 is 5.97 Å². The first kappa shape index (κ1) is 21.1. The van der Waals surface area contributed by atoms with E-state index in [-0.39, 0.29) is 6.61 Å². The molecule has 1 N–H and O–H groups in total. The lowest BCUT2D eigenvalue weighted by molar-refractivity contribution is -0.155. The normalized spacial score (nSPS) is 11.4. The summed E-state index contributed by atoms with van der Waals surface area (Å²) in [7, 11) is 0. The summed E-state index contributed by atoms with van der Waals surface area (Å²) in [5.74, 6) is -0.348. The summed E-state index contributed by atoms with van der Waals surface area (Å²) < 4.78 is 10.9. The Kier molecular flexibility index (Phi) is 6.86. The lowest BCUT2D eigenvalue weighted by atomic mass is 10.0. The van der Waals surface area contributed by atoms with E-state index in [1.165, 1.54) is 6.92 Å². The van der Waals surface area contributed by atoms with Gasteiger partial charge in [-0.2, -0.15) is 0 Å². The fourth-order valence-corrected chi connectivity index (χ4v) is 3.14. The lowest BCUT2D eigenvalue weighted by Gasteiger charge is -2.16. The van der Waals surface area contributed by atoms with Crippen LogP contribution in [0.3, 0.4) is 0 Å². The molecule has 0 unspecified atom stereocenters. The Labute approximate surface area is 176 Å². The van der Waals surface area contributed by atoms with Gasteiger partial charge in [-0.25, -0.2) is 4.79 Å². The summed E-state index contributed by atoms with van der Waals surface area (Å²) in [5.41, 5.74) is 4.41. The van der Waals surface area contributed by atoms with Gasteiger partial charge in [-0.15, -0.1) is 0 Å². The van der Waals surface area contributed by atoms with Gasteiger partial charge in [0.2, 0.25) is 0 Å². The van der Waals surface area contributed by atoms with Crippen molar-refractivity contribution in [3.8, 4) is 16.9 Å². The topological polar surface area (TPSA) is 64.6 Å². The first-order valence-electron chi connectivity index (χ1n) is 9.79. The molecule has 0 aliphatic rings. The van der Waals surface area contributed by atoms with E-state index in [0.717, 1.165) is 22.3 Å². The molecule has 3 aromatic carbocycles. The van der Waals surface area contributed by atoms with E-state index >= 15 is 0 Å². The molecule has 0 heterocycles. The van der Waals surface area contributed by atoms with Crippen LogP contribution in [0.1, 0.15) is 18.1 Å². The van der Waals surface area contributed by atoms with Crippen LogP contribution in [-0.4, -0.2) is 24.6 Å². The van der Waals surface area contributed by atoms with Gasteiger partial charge in [-0.1, -0.05) is 66.7 Å². The zero-order chi connectivity index (χ0) is 21.5. The summed E-state index contributed by atoms with van der Waals surface area (Å²) >= 11 is 0. The molecule has 0 radical (unpaired) electrons. The number of esters is 1. The molecule has 3 aromatic rings. The Bertz CT molecular complexity index is 1010. The van der Waals surface area contributed by atoms with Crippen LogP contribution in [0.25, 0.3) is 11.1 Å². The Morgan fingerprint density at radius 3 is 2.20 bits per heavy atom. The van der Waals surface area contributed by atoms with Crippen molar-refractivity contribution in [3.63, 3.8) is 0 Å². The molecule has 0 saturated carbocycles. The van der Waals surface area contributed by atoms with E-state index in [4.69, 9.17) is 9.47 Å². The van der Waals surface area contributed by atoms with Gasteiger partial charge in [0.15, 0.2) is 12.7 Å². The molecule has 5 nitrogen and oxygen atoms in total. The Hall–Kier alpha value is -3.60. The fourth-order valence-electron chi connectivity index (χ4n) is 3.14. The van der Waals surface area contributed by atoms with E-state index in [2.05, 4.69) is 5.32 Å². The average Bonchev–Trinajstić information content (AvgIpc) is 2.74. The van der Waals surface area contributed by atoms with Gasteiger partial charge < -0.3 is 14.8 Å². The quantitative estimate of drug-likeness (QED) is 0.569. The molecule has 3 rings (SSSR count). The van der Waals surface area contributed by atoms with Crippen LogP contribution in [0.2, 0.25) is 0 Å². The zero-order valence-corrected chi connectivity index (χ0v) is 17.3. The smallest absolute Gasteiger partial charge is 0.344 e. The maximum atomic E-state index is 12.6. The number of rotatable bonds is 7. The summed E-state index contributed by atoms with van der Waals surface area (Å²) in [6.45, 7) is 5.10. The number of amides is 1. The molecule has 30 heavy (non-hydrogen) atoms. The molecule has 1 amide bonds. The standard InChI is InChI=1S/C25H25NO4/c1-17-10-9-11-18(2)24(17)29-16-23(27)30-19(3)25(28)26-22-15-8-7-14-21(22)20-12-5-4-6-13-20/h4-15,19H,16H2,1-3H3,(H,26,28)/t19-/m0/s1. The highest BCUT2D eigenvalue weighted by atomic mass is 16.6. The number of nitrogens with one attached hydrogen (secondary N) is 1. The second-order valence-corrected chi connectivity index (χ2v) is 7.04. The average molecular weight is 403 g/mol. The minimum Gasteiger partial charge on any atom is -0.481 e. The van der Waals surface area contributed by atoms with Crippen molar-refractivity contribution in [1.82, 2.24) is 0 Å². The zero-order valence-electron chi connectivity index (χ0n) is 17.3.